The predicted octanol–water partition coefficient (Wildman–Crippen LogP) is 3.87. The van der Waals surface area contributed by atoms with Crippen LogP contribution in [0.1, 0.15) is 37.0 Å². The second-order valence-electron chi connectivity index (χ2n) is 4.52. The summed E-state index contributed by atoms with van der Waals surface area (Å²) < 4.78 is 18.2. The van der Waals surface area contributed by atoms with Gasteiger partial charge in [-0.05, 0) is 38.5 Å². The summed E-state index contributed by atoms with van der Waals surface area (Å²) in [6.07, 6.45) is 0.958. The number of ketones is 1. The lowest BCUT2D eigenvalue weighted by Gasteiger charge is -2.22. The second kappa shape index (κ2) is 5.61. The van der Waals surface area contributed by atoms with Crippen LogP contribution in [0.2, 0.25) is 5.02 Å². The molecule has 1 aromatic rings. The molecule has 0 saturated heterocycles. The molecule has 1 rings (SSSR count). The molecule has 0 unspecified atom stereocenters. The van der Waals surface area contributed by atoms with Crippen molar-refractivity contribution in [1.82, 2.24) is 0 Å². The van der Waals surface area contributed by atoms with Crippen molar-refractivity contribution in [3.63, 3.8) is 0 Å². The van der Waals surface area contributed by atoms with Gasteiger partial charge >= 0.3 is 0 Å². The summed E-state index contributed by atoms with van der Waals surface area (Å²) in [5.41, 5.74) is 0.0998. The topological polar surface area (TPSA) is 26.3 Å². The number of hydrogen-bond acceptors (Lipinski definition) is 2. The smallest absolute Gasteiger partial charge is 0.163 e. The summed E-state index contributed by atoms with van der Waals surface area (Å²) in [5, 5.41) is -0.0261. The van der Waals surface area contributed by atoms with E-state index in [1.165, 1.54) is 18.2 Å². The van der Waals surface area contributed by atoms with E-state index in [9.17, 15) is 9.18 Å². The van der Waals surface area contributed by atoms with Crippen LogP contribution in [0.25, 0.3) is 0 Å². The lowest BCUT2D eigenvalue weighted by molar-refractivity contribution is 0.0141. The van der Waals surface area contributed by atoms with Crippen LogP contribution in [-0.4, -0.2) is 18.5 Å². The highest BCUT2D eigenvalue weighted by Gasteiger charge is 2.19. The molecule has 0 aliphatic rings. The zero-order valence-electron chi connectivity index (χ0n) is 10.2. The number of halogens is 2. The first-order valence-corrected chi connectivity index (χ1v) is 5.77. The molecule has 0 N–H and O–H groups in total. The molecule has 0 bridgehead atoms. The summed E-state index contributed by atoms with van der Waals surface area (Å²) in [7, 11) is 1.61. The quantitative estimate of drug-likeness (QED) is 0.750. The Bertz CT molecular complexity index is 416. The molecule has 1 aromatic carbocycles. The van der Waals surface area contributed by atoms with E-state index in [0.717, 1.165) is 0 Å². The number of rotatable bonds is 5. The highest BCUT2D eigenvalue weighted by Crippen LogP contribution is 2.20. The van der Waals surface area contributed by atoms with E-state index in [1.807, 2.05) is 13.8 Å². The summed E-state index contributed by atoms with van der Waals surface area (Å²) >= 11 is 5.62. The molecule has 4 heteroatoms. The van der Waals surface area contributed by atoms with Crippen LogP contribution in [-0.2, 0) is 4.74 Å². The molecule has 0 aliphatic carbocycles. The van der Waals surface area contributed by atoms with Crippen LogP contribution in [0.15, 0.2) is 18.2 Å². The first kappa shape index (κ1) is 14.1. The fourth-order valence-corrected chi connectivity index (χ4v) is 1.51. The lowest BCUT2D eigenvalue weighted by atomic mass is 9.98. The fourth-order valence-electron chi connectivity index (χ4n) is 1.33. The summed E-state index contributed by atoms with van der Waals surface area (Å²) in [6, 6.07) is 4.01. The van der Waals surface area contributed by atoms with Gasteiger partial charge in [0.25, 0.3) is 0 Å². The van der Waals surface area contributed by atoms with Gasteiger partial charge in [-0.3, -0.25) is 4.79 Å². The molecule has 0 radical (unpaired) electrons. The first-order valence-electron chi connectivity index (χ1n) is 5.39. The summed E-state index contributed by atoms with van der Waals surface area (Å²) in [4.78, 5) is 11.8. The van der Waals surface area contributed by atoms with Crippen LogP contribution in [0.4, 0.5) is 4.39 Å². The zero-order valence-corrected chi connectivity index (χ0v) is 11.0. The number of methoxy groups -OCH3 is 1. The van der Waals surface area contributed by atoms with Crippen molar-refractivity contribution in [3.8, 4) is 0 Å². The standard InChI is InChI=1S/C13H16ClFO2/c1-13(2,17-3)7-6-12(16)9-4-5-11(15)10(14)8-9/h4-5,8H,6-7H2,1-3H3. The first-order chi connectivity index (χ1) is 7.85. The van der Waals surface area contributed by atoms with Gasteiger partial charge in [-0.25, -0.2) is 4.39 Å². The van der Waals surface area contributed by atoms with Crippen LogP contribution in [0, 0.1) is 5.82 Å². The number of carbonyl (C=O) groups is 1. The average Bonchev–Trinajstić information content (AvgIpc) is 2.30. The molecule has 17 heavy (non-hydrogen) atoms. The molecule has 0 amide bonds. The number of benzene rings is 1. The van der Waals surface area contributed by atoms with Gasteiger partial charge in [0.2, 0.25) is 0 Å². The molecular formula is C13H16ClFO2. The van der Waals surface area contributed by atoms with E-state index >= 15 is 0 Å². The van der Waals surface area contributed by atoms with Crippen molar-refractivity contribution in [2.75, 3.05) is 7.11 Å². The van der Waals surface area contributed by atoms with E-state index in [2.05, 4.69) is 0 Å². The molecular weight excluding hydrogens is 243 g/mol. The Morgan fingerprint density at radius 2 is 2.12 bits per heavy atom. The minimum absolute atomic E-state index is 0.0261. The van der Waals surface area contributed by atoms with Gasteiger partial charge in [0.15, 0.2) is 5.78 Å². The number of hydrogen-bond donors (Lipinski definition) is 0. The van der Waals surface area contributed by atoms with Crippen LogP contribution in [0.3, 0.4) is 0 Å². The van der Waals surface area contributed by atoms with Crippen LogP contribution in [0.5, 0.6) is 0 Å². The fraction of sp³-hybridized carbons (Fsp3) is 0.462. The Morgan fingerprint density at radius 1 is 1.47 bits per heavy atom. The predicted molar refractivity (Wildman–Crippen MR) is 66.1 cm³/mol. The van der Waals surface area contributed by atoms with E-state index in [-0.39, 0.29) is 16.4 Å². The van der Waals surface area contributed by atoms with Gasteiger partial charge < -0.3 is 4.74 Å². The van der Waals surface area contributed by atoms with E-state index in [4.69, 9.17) is 16.3 Å². The zero-order chi connectivity index (χ0) is 13.1. The van der Waals surface area contributed by atoms with E-state index in [0.29, 0.717) is 18.4 Å². The van der Waals surface area contributed by atoms with Crippen molar-refractivity contribution in [3.05, 3.63) is 34.6 Å². The minimum Gasteiger partial charge on any atom is -0.379 e. The Balaban J connectivity index is 2.68. The SMILES string of the molecule is COC(C)(C)CCC(=O)c1ccc(F)c(Cl)c1. The maximum atomic E-state index is 12.9. The Labute approximate surface area is 106 Å². The second-order valence-corrected chi connectivity index (χ2v) is 4.92. The van der Waals surface area contributed by atoms with Gasteiger partial charge in [0, 0.05) is 19.1 Å². The maximum absolute atomic E-state index is 12.9. The third-order valence-electron chi connectivity index (χ3n) is 2.75. The number of carbonyl (C=O) groups excluding carboxylic acids is 1. The van der Waals surface area contributed by atoms with Crippen LogP contribution >= 0.6 is 11.6 Å². The average molecular weight is 259 g/mol. The van der Waals surface area contributed by atoms with Gasteiger partial charge in [-0.15, -0.1) is 0 Å². The number of Topliss-reactive ketones (excluding diaryl/α,β-unsaturated/α-hetero) is 1. The van der Waals surface area contributed by atoms with Gasteiger partial charge in [-0.2, -0.15) is 0 Å². The van der Waals surface area contributed by atoms with Gasteiger partial charge in [-0.1, -0.05) is 11.6 Å². The molecule has 0 heterocycles. The molecule has 0 saturated carbocycles. The number of ether oxygens (including phenoxy) is 1. The maximum Gasteiger partial charge on any atom is 0.163 e. The molecule has 94 valence electrons. The summed E-state index contributed by atoms with van der Waals surface area (Å²) in [5.74, 6) is -0.572. The van der Waals surface area contributed by atoms with Crippen molar-refractivity contribution in [2.24, 2.45) is 0 Å². The monoisotopic (exact) mass is 258 g/mol. The van der Waals surface area contributed by atoms with Crippen LogP contribution < -0.4 is 0 Å². The third-order valence-corrected chi connectivity index (χ3v) is 3.04. The largest absolute Gasteiger partial charge is 0.379 e. The Kier molecular flexibility index (Phi) is 4.66. The minimum atomic E-state index is -0.513. The molecule has 0 spiro atoms. The van der Waals surface area contributed by atoms with Crippen molar-refractivity contribution in [2.45, 2.75) is 32.3 Å². The third kappa shape index (κ3) is 4.10. The Morgan fingerprint density at radius 3 is 2.65 bits per heavy atom. The highest BCUT2D eigenvalue weighted by atomic mass is 35.5. The molecule has 0 fully saturated rings. The van der Waals surface area contributed by atoms with Gasteiger partial charge in [0.05, 0.1) is 10.6 Å². The highest BCUT2D eigenvalue weighted by molar-refractivity contribution is 6.31. The van der Waals surface area contributed by atoms with E-state index < -0.39 is 5.82 Å². The van der Waals surface area contributed by atoms with Gasteiger partial charge in [0.1, 0.15) is 5.82 Å². The van der Waals surface area contributed by atoms with E-state index in [1.54, 1.807) is 7.11 Å². The molecule has 0 aromatic heterocycles. The summed E-state index contributed by atoms with van der Waals surface area (Å²) in [6.45, 7) is 3.83. The normalized spacial score (nSPS) is 11.6. The molecule has 2 nitrogen and oxygen atoms in total. The van der Waals surface area contributed by atoms with Crippen molar-refractivity contribution < 1.29 is 13.9 Å². The Hall–Kier alpha value is -0.930. The molecule has 0 aliphatic heterocycles. The van der Waals surface area contributed by atoms with Crippen molar-refractivity contribution >= 4 is 17.4 Å². The molecule has 0 atom stereocenters. The van der Waals surface area contributed by atoms with Crippen molar-refractivity contribution in [1.29, 1.82) is 0 Å². The lowest BCUT2D eigenvalue weighted by Crippen LogP contribution is -2.23.